The summed E-state index contributed by atoms with van der Waals surface area (Å²) in [7, 11) is 0. The van der Waals surface area contributed by atoms with Crippen molar-refractivity contribution in [3.8, 4) is 0 Å². The Morgan fingerprint density at radius 1 is 1.10 bits per heavy atom. The lowest BCUT2D eigenvalue weighted by atomic mass is 10.00. The van der Waals surface area contributed by atoms with Crippen molar-refractivity contribution in [1.29, 1.82) is 0 Å². The van der Waals surface area contributed by atoms with Crippen molar-refractivity contribution in [1.82, 2.24) is 4.90 Å². The summed E-state index contributed by atoms with van der Waals surface area (Å²) in [5.41, 5.74) is 2.73. The second kappa shape index (κ2) is 8.85. The molecule has 0 saturated carbocycles. The number of amides is 1. The number of carbonyl (C=O) groups is 1. The maximum atomic E-state index is 13.5. The zero-order valence-electron chi connectivity index (χ0n) is 16.6. The van der Waals surface area contributed by atoms with Crippen LogP contribution in [0.5, 0.6) is 0 Å². The molecule has 1 aromatic heterocycles. The van der Waals surface area contributed by atoms with Gasteiger partial charge in [0, 0.05) is 35.4 Å². The second-order valence-electron chi connectivity index (χ2n) is 7.61. The van der Waals surface area contributed by atoms with Gasteiger partial charge in [-0.2, -0.15) is 0 Å². The van der Waals surface area contributed by atoms with E-state index in [2.05, 4.69) is 24.0 Å². The molecular formula is C24H25ClN2O2. The second-order valence-corrected chi connectivity index (χ2v) is 8.04. The first kappa shape index (κ1) is 19.7. The fraction of sp³-hybridized carbons (Fsp3) is 0.292. The molecule has 2 aromatic carbocycles. The van der Waals surface area contributed by atoms with Gasteiger partial charge in [-0.05, 0) is 62.2 Å². The predicted molar refractivity (Wildman–Crippen MR) is 116 cm³/mol. The molecule has 0 atom stereocenters. The van der Waals surface area contributed by atoms with E-state index in [-0.39, 0.29) is 11.9 Å². The first-order chi connectivity index (χ1) is 14.1. The minimum absolute atomic E-state index is 0.000776. The molecule has 0 aliphatic carbocycles. The molecule has 2 heterocycles. The first-order valence-electron chi connectivity index (χ1n) is 10.0. The highest BCUT2D eigenvalue weighted by Crippen LogP contribution is 2.27. The fourth-order valence-electron chi connectivity index (χ4n) is 3.92. The van der Waals surface area contributed by atoms with Gasteiger partial charge in [0.2, 0.25) is 0 Å². The van der Waals surface area contributed by atoms with Crippen LogP contribution in [0.25, 0.3) is 0 Å². The van der Waals surface area contributed by atoms with E-state index in [1.165, 1.54) is 5.56 Å². The molecule has 4 rings (SSSR count). The van der Waals surface area contributed by atoms with Gasteiger partial charge < -0.3 is 9.32 Å². The minimum atomic E-state index is 0.000776. The number of carbonyl (C=O) groups excluding carboxylic acids is 1. The number of benzene rings is 2. The van der Waals surface area contributed by atoms with E-state index in [1.807, 2.05) is 41.3 Å². The van der Waals surface area contributed by atoms with Crippen molar-refractivity contribution in [2.75, 3.05) is 18.0 Å². The van der Waals surface area contributed by atoms with Gasteiger partial charge in [0.15, 0.2) is 0 Å². The van der Waals surface area contributed by atoms with Gasteiger partial charge >= 0.3 is 0 Å². The molecule has 3 aromatic rings. The summed E-state index contributed by atoms with van der Waals surface area (Å²) in [5.74, 6) is 0.981. The molecule has 0 N–H and O–H groups in total. The van der Waals surface area contributed by atoms with E-state index >= 15 is 0 Å². The quantitative estimate of drug-likeness (QED) is 0.555. The van der Waals surface area contributed by atoms with Gasteiger partial charge in [0.05, 0.1) is 12.8 Å². The van der Waals surface area contributed by atoms with Crippen molar-refractivity contribution >= 4 is 23.2 Å². The van der Waals surface area contributed by atoms with Crippen LogP contribution >= 0.6 is 11.6 Å². The summed E-state index contributed by atoms with van der Waals surface area (Å²) in [5, 5.41) is 0.577. The number of likely N-dealkylation sites (tertiary alicyclic amines) is 1. The van der Waals surface area contributed by atoms with Crippen LogP contribution in [-0.4, -0.2) is 29.9 Å². The van der Waals surface area contributed by atoms with Gasteiger partial charge in [-0.25, -0.2) is 0 Å². The van der Waals surface area contributed by atoms with Crippen LogP contribution in [0.4, 0.5) is 5.69 Å². The number of hydrogen-bond donors (Lipinski definition) is 0. The largest absolute Gasteiger partial charge is 0.468 e. The van der Waals surface area contributed by atoms with Gasteiger partial charge in [0.25, 0.3) is 5.91 Å². The Kier molecular flexibility index (Phi) is 6.02. The van der Waals surface area contributed by atoms with Crippen molar-refractivity contribution in [3.05, 3.63) is 88.8 Å². The number of rotatable bonds is 5. The average molecular weight is 409 g/mol. The SMILES string of the molecule is Cc1ccc(N(C(=O)c2cccc(Cl)c2)C2CCN(Cc3ccco3)CC2)cc1. The van der Waals surface area contributed by atoms with E-state index in [0.29, 0.717) is 10.6 Å². The zero-order chi connectivity index (χ0) is 20.2. The first-order valence-corrected chi connectivity index (χ1v) is 10.4. The maximum Gasteiger partial charge on any atom is 0.258 e. The number of anilines is 1. The van der Waals surface area contributed by atoms with E-state index in [1.54, 1.807) is 18.4 Å². The third kappa shape index (κ3) is 4.72. The number of halogens is 1. The predicted octanol–water partition coefficient (Wildman–Crippen LogP) is 5.55. The van der Waals surface area contributed by atoms with Gasteiger partial charge in [-0.3, -0.25) is 9.69 Å². The summed E-state index contributed by atoms with van der Waals surface area (Å²) in [6.45, 7) is 4.72. The maximum absolute atomic E-state index is 13.5. The molecule has 0 radical (unpaired) electrons. The molecule has 4 nitrogen and oxygen atoms in total. The van der Waals surface area contributed by atoms with Crippen LogP contribution in [0.2, 0.25) is 5.02 Å². The highest BCUT2D eigenvalue weighted by molar-refractivity contribution is 6.31. The fourth-order valence-corrected chi connectivity index (χ4v) is 4.11. The summed E-state index contributed by atoms with van der Waals surface area (Å²) in [6, 6.07) is 19.5. The Balaban J connectivity index is 1.54. The molecule has 1 amide bonds. The van der Waals surface area contributed by atoms with Crippen molar-refractivity contribution in [2.24, 2.45) is 0 Å². The standard InChI is InChI=1S/C24H25ClN2O2/c1-18-7-9-21(10-8-18)27(24(28)19-4-2-5-20(25)16-19)22-11-13-26(14-12-22)17-23-6-3-15-29-23/h2-10,15-16,22H,11-14,17H2,1H3. The summed E-state index contributed by atoms with van der Waals surface area (Å²) < 4.78 is 5.48. The van der Waals surface area contributed by atoms with Crippen LogP contribution in [0.1, 0.15) is 34.5 Å². The number of aryl methyl sites for hydroxylation is 1. The summed E-state index contributed by atoms with van der Waals surface area (Å²) >= 11 is 6.15. The summed E-state index contributed by atoms with van der Waals surface area (Å²) in [4.78, 5) is 17.8. The van der Waals surface area contributed by atoms with Gasteiger partial charge in [-0.15, -0.1) is 0 Å². The molecule has 1 aliphatic heterocycles. The summed E-state index contributed by atoms with van der Waals surface area (Å²) in [6.07, 6.45) is 3.55. The topological polar surface area (TPSA) is 36.7 Å². The Bertz CT molecular complexity index is 945. The van der Waals surface area contributed by atoms with E-state index < -0.39 is 0 Å². The molecule has 5 heteroatoms. The number of hydrogen-bond acceptors (Lipinski definition) is 3. The number of nitrogens with zero attached hydrogens (tertiary/aromatic N) is 2. The smallest absolute Gasteiger partial charge is 0.258 e. The minimum Gasteiger partial charge on any atom is -0.468 e. The monoisotopic (exact) mass is 408 g/mol. The van der Waals surface area contributed by atoms with Crippen LogP contribution in [0, 0.1) is 6.92 Å². The Labute approximate surface area is 176 Å². The number of piperidine rings is 1. The van der Waals surface area contributed by atoms with Gasteiger partial charge in [0.1, 0.15) is 5.76 Å². The Hall–Kier alpha value is -2.56. The van der Waals surface area contributed by atoms with Crippen LogP contribution in [0.3, 0.4) is 0 Å². The highest BCUT2D eigenvalue weighted by Gasteiger charge is 2.30. The lowest BCUT2D eigenvalue weighted by Crippen LogP contribution is -2.47. The lowest BCUT2D eigenvalue weighted by Gasteiger charge is -2.38. The van der Waals surface area contributed by atoms with Crippen molar-refractivity contribution in [3.63, 3.8) is 0 Å². The average Bonchev–Trinajstić information content (AvgIpc) is 3.24. The molecule has 0 spiro atoms. The third-order valence-electron chi connectivity index (χ3n) is 5.48. The molecule has 1 saturated heterocycles. The Morgan fingerprint density at radius 2 is 1.86 bits per heavy atom. The normalized spacial score (nSPS) is 15.4. The molecule has 1 aliphatic rings. The van der Waals surface area contributed by atoms with Gasteiger partial charge in [-0.1, -0.05) is 35.4 Å². The lowest BCUT2D eigenvalue weighted by molar-refractivity contribution is 0.0957. The van der Waals surface area contributed by atoms with Crippen molar-refractivity contribution in [2.45, 2.75) is 32.4 Å². The zero-order valence-corrected chi connectivity index (χ0v) is 17.3. The molecule has 0 bridgehead atoms. The third-order valence-corrected chi connectivity index (χ3v) is 5.72. The van der Waals surface area contributed by atoms with E-state index in [0.717, 1.165) is 43.9 Å². The van der Waals surface area contributed by atoms with Crippen LogP contribution < -0.4 is 4.90 Å². The molecule has 150 valence electrons. The van der Waals surface area contributed by atoms with E-state index in [9.17, 15) is 4.79 Å². The molecule has 29 heavy (non-hydrogen) atoms. The molecular weight excluding hydrogens is 384 g/mol. The molecule has 1 fully saturated rings. The molecule has 0 unspecified atom stereocenters. The van der Waals surface area contributed by atoms with Crippen LogP contribution in [-0.2, 0) is 6.54 Å². The number of furan rings is 1. The van der Waals surface area contributed by atoms with E-state index in [4.69, 9.17) is 16.0 Å². The Morgan fingerprint density at radius 3 is 2.52 bits per heavy atom. The highest BCUT2D eigenvalue weighted by atomic mass is 35.5. The van der Waals surface area contributed by atoms with Crippen LogP contribution in [0.15, 0.2) is 71.3 Å². The van der Waals surface area contributed by atoms with Crippen molar-refractivity contribution < 1.29 is 9.21 Å².